The molecule has 9 rings (SSSR count). The van der Waals surface area contributed by atoms with Crippen LogP contribution in [0.5, 0.6) is 0 Å². The van der Waals surface area contributed by atoms with Crippen molar-refractivity contribution >= 4 is 27.8 Å². The third kappa shape index (κ3) is 4.79. The molecule has 0 saturated carbocycles. The van der Waals surface area contributed by atoms with Crippen molar-refractivity contribution in [3.8, 4) is 39.5 Å². The molecular formula is C43H30N4. The Labute approximate surface area is 273 Å². The number of para-hydroxylation sites is 1. The summed E-state index contributed by atoms with van der Waals surface area (Å²) in [6, 6.07) is 53.7. The van der Waals surface area contributed by atoms with Crippen LogP contribution in [0.1, 0.15) is 22.9 Å². The van der Waals surface area contributed by atoms with Crippen LogP contribution in [-0.4, -0.2) is 14.5 Å². The maximum Gasteiger partial charge on any atom is 0.0899 e. The van der Waals surface area contributed by atoms with Crippen molar-refractivity contribution in [3.63, 3.8) is 0 Å². The van der Waals surface area contributed by atoms with Crippen molar-refractivity contribution < 1.29 is 0 Å². The Morgan fingerprint density at radius 1 is 0.553 bits per heavy atom. The van der Waals surface area contributed by atoms with Crippen LogP contribution in [0.4, 0.5) is 0 Å². The van der Waals surface area contributed by atoms with Gasteiger partial charge in [-0.25, -0.2) is 4.98 Å². The zero-order valence-electron chi connectivity index (χ0n) is 25.6. The van der Waals surface area contributed by atoms with Gasteiger partial charge in [-0.3, -0.25) is 4.98 Å². The molecule has 0 radical (unpaired) electrons. The lowest BCUT2D eigenvalue weighted by atomic mass is 9.94. The van der Waals surface area contributed by atoms with E-state index in [0.29, 0.717) is 0 Å². The van der Waals surface area contributed by atoms with E-state index in [1.54, 1.807) is 0 Å². The number of benzene rings is 5. The second-order valence-electron chi connectivity index (χ2n) is 11.9. The number of hydrogen-bond donors (Lipinski definition) is 1. The Morgan fingerprint density at radius 2 is 1.30 bits per heavy atom. The number of nitrogens with zero attached hydrogens (tertiary/aromatic N) is 3. The molecule has 1 unspecified atom stereocenters. The third-order valence-corrected chi connectivity index (χ3v) is 9.13. The van der Waals surface area contributed by atoms with Gasteiger partial charge in [0.05, 0.1) is 34.3 Å². The highest BCUT2D eigenvalue weighted by Gasteiger charge is 2.26. The van der Waals surface area contributed by atoms with Crippen LogP contribution < -0.4 is 5.32 Å². The fourth-order valence-corrected chi connectivity index (χ4v) is 6.89. The summed E-state index contributed by atoms with van der Waals surface area (Å²) in [6.07, 6.45) is 6.09. The van der Waals surface area contributed by atoms with E-state index < -0.39 is 0 Å². The van der Waals surface area contributed by atoms with Gasteiger partial charge in [0, 0.05) is 28.4 Å². The fraction of sp³-hybridized carbons (Fsp3) is 0.0233. The van der Waals surface area contributed by atoms with Gasteiger partial charge in [-0.2, -0.15) is 0 Å². The molecule has 0 amide bonds. The first-order valence-electron chi connectivity index (χ1n) is 15.9. The van der Waals surface area contributed by atoms with E-state index in [9.17, 15) is 0 Å². The number of pyridine rings is 2. The Kier molecular flexibility index (Phi) is 6.50. The molecule has 1 atom stereocenters. The van der Waals surface area contributed by atoms with Crippen molar-refractivity contribution in [2.75, 3.05) is 0 Å². The van der Waals surface area contributed by atoms with Gasteiger partial charge in [-0.1, -0.05) is 103 Å². The van der Waals surface area contributed by atoms with E-state index in [1.165, 1.54) is 38.5 Å². The number of nitrogens with one attached hydrogen (secondary N) is 1. The van der Waals surface area contributed by atoms with Crippen LogP contribution in [0.25, 0.3) is 67.2 Å². The summed E-state index contributed by atoms with van der Waals surface area (Å²) in [6.45, 7) is 0. The summed E-state index contributed by atoms with van der Waals surface area (Å²) < 4.78 is 2.38. The molecule has 0 saturated heterocycles. The minimum absolute atomic E-state index is 0.0805. The molecule has 4 heteroatoms. The van der Waals surface area contributed by atoms with E-state index in [0.717, 1.165) is 39.5 Å². The van der Waals surface area contributed by atoms with Crippen molar-refractivity contribution in [1.82, 2.24) is 19.9 Å². The number of aromatic nitrogens is 3. The first-order valence-corrected chi connectivity index (χ1v) is 15.9. The SMILES string of the molecule is C1=Cc2c(c3ccccc3n2-c2ccc(-c3cc(-c4ccc5ccccc5c4)nc(-c4ccccn4)c3)cc2)C(c2ccccc2)N1. The van der Waals surface area contributed by atoms with Gasteiger partial charge in [0.15, 0.2) is 0 Å². The maximum atomic E-state index is 5.10. The zero-order valence-corrected chi connectivity index (χ0v) is 25.6. The molecule has 4 nitrogen and oxygen atoms in total. The van der Waals surface area contributed by atoms with E-state index in [-0.39, 0.29) is 6.04 Å². The second-order valence-corrected chi connectivity index (χ2v) is 11.9. The molecular weight excluding hydrogens is 573 g/mol. The highest BCUT2D eigenvalue weighted by Crippen LogP contribution is 2.39. The van der Waals surface area contributed by atoms with E-state index in [2.05, 4.69) is 161 Å². The largest absolute Gasteiger partial charge is 0.380 e. The van der Waals surface area contributed by atoms with Gasteiger partial charge in [-0.15, -0.1) is 0 Å². The van der Waals surface area contributed by atoms with Crippen molar-refractivity contribution in [3.05, 3.63) is 181 Å². The lowest BCUT2D eigenvalue weighted by molar-refractivity contribution is 0.722. The molecule has 8 aromatic rings. The van der Waals surface area contributed by atoms with Crippen LogP contribution in [0.15, 0.2) is 164 Å². The highest BCUT2D eigenvalue weighted by molar-refractivity contribution is 5.92. The summed E-state index contributed by atoms with van der Waals surface area (Å²) in [5.74, 6) is 0. The second kappa shape index (κ2) is 11.3. The van der Waals surface area contributed by atoms with Crippen LogP contribution in [0.3, 0.4) is 0 Å². The standard InChI is InChI=1S/C43H30N4/c1-2-11-31(12-3-1)43-42-36-14-6-7-16-40(36)47(41(42)23-25-45-43)35-21-19-30(20-22-35)34-27-38(46-39(28-34)37-15-8-9-24-44-37)33-18-17-29-10-4-5-13-32(29)26-33/h1-28,43,45H. The molecule has 4 heterocycles. The first-order chi connectivity index (χ1) is 23.3. The molecule has 47 heavy (non-hydrogen) atoms. The van der Waals surface area contributed by atoms with Gasteiger partial charge < -0.3 is 9.88 Å². The Bertz CT molecular complexity index is 2420. The predicted octanol–water partition coefficient (Wildman–Crippen LogP) is 10.2. The topological polar surface area (TPSA) is 42.7 Å². The number of rotatable bonds is 5. The van der Waals surface area contributed by atoms with Crippen LogP contribution in [-0.2, 0) is 0 Å². The van der Waals surface area contributed by atoms with Crippen molar-refractivity contribution in [2.45, 2.75) is 6.04 Å². The van der Waals surface area contributed by atoms with Gasteiger partial charge in [-0.05, 0) is 88.3 Å². The molecule has 1 aliphatic heterocycles. The van der Waals surface area contributed by atoms with E-state index in [4.69, 9.17) is 4.98 Å². The molecule has 0 aliphatic carbocycles. The quantitative estimate of drug-likeness (QED) is 0.213. The average molecular weight is 603 g/mol. The van der Waals surface area contributed by atoms with Crippen molar-refractivity contribution in [1.29, 1.82) is 0 Å². The van der Waals surface area contributed by atoms with E-state index in [1.807, 2.05) is 24.4 Å². The summed E-state index contributed by atoms with van der Waals surface area (Å²) in [5, 5.41) is 7.29. The Morgan fingerprint density at radius 3 is 2.15 bits per heavy atom. The third-order valence-electron chi connectivity index (χ3n) is 9.13. The summed E-state index contributed by atoms with van der Waals surface area (Å²) in [4.78, 5) is 9.74. The minimum Gasteiger partial charge on any atom is -0.380 e. The van der Waals surface area contributed by atoms with Crippen LogP contribution in [0, 0.1) is 0 Å². The van der Waals surface area contributed by atoms with Crippen LogP contribution in [0.2, 0.25) is 0 Å². The molecule has 3 aromatic heterocycles. The fourth-order valence-electron chi connectivity index (χ4n) is 6.89. The Balaban J connectivity index is 1.16. The number of fused-ring (bicyclic) bond motifs is 4. The smallest absolute Gasteiger partial charge is 0.0899 e. The molecule has 1 N–H and O–H groups in total. The molecule has 5 aromatic carbocycles. The first kappa shape index (κ1) is 27.1. The highest BCUT2D eigenvalue weighted by atomic mass is 15.0. The molecule has 0 fully saturated rings. The molecule has 0 bridgehead atoms. The predicted molar refractivity (Wildman–Crippen MR) is 193 cm³/mol. The lowest BCUT2D eigenvalue weighted by Gasteiger charge is -2.23. The van der Waals surface area contributed by atoms with Gasteiger partial charge in [0.25, 0.3) is 0 Å². The lowest BCUT2D eigenvalue weighted by Crippen LogP contribution is -2.20. The van der Waals surface area contributed by atoms with Gasteiger partial charge in [0.1, 0.15) is 0 Å². The average Bonchev–Trinajstić information content (AvgIpc) is 3.50. The normalized spacial score (nSPS) is 13.8. The van der Waals surface area contributed by atoms with E-state index >= 15 is 0 Å². The van der Waals surface area contributed by atoms with Gasteiger partial charge >= 0.3 is 0 Å². The summed E-state index contributed by atoms with van der Waals surface area (Å²) in [7, 11) is 0. The molecule has 222 valence electrons. The monoisotopic (exact) mass is 602 g/mol. The maximum absolute atomic E-state index is 5.10. The summed E-state index contributed by atoms with van der Waals surface area (Å²) in [5.41, 5.74) is 12.0. The minimum atomic E-state index is 0.0805. The van der Waals surface area contributed by atoms with Crippen LogP contribution >= 0.6 is 0 Å². The van der Waals surface area contributed by atoms with Gasteiger partial charge in [0.2, 0.25) is 0 Å². The number of hydrogen-bond acceptors (Lipinski definition) is 3. The zero-order chi connectivity index (χ0) is 31.2. The molecule has 1 aliphatic rings. The summed E-state index contributed by atoms with van der Waals surface area (Å²) >= 11 is 0. The molecule has 0 spiro atoms. The van der Waals surface area contributed by atoms with Crippen molar-refractivity contribution in [2.24, 2.45) is 0 Å². The Hall–Kier alpha value is -6.26.